The van der Waals surface area contributed by atoms with Gasteiger partial charge < -0.3 is 10.8 Å². The fourth-order valence-electron chi connectivity index (χ4n) is 1.76. The molecule has 4 heteroatoms. The van der Waals surface area contributed by atoms with Crippen LogP contribution in [0.1, 0.15) is 37.5 Å². The van der Waals surface area contributed by atoms with Crippen LogP contribution in [0.2, 0.25) is 5.02 Å². The van der Waals surface area contributed by atoms with Crippen molar-refractivity contribution in [3.05, 3.63) is 34.3 Å². The van der Waals surface area contributed by atoms with E-state index in [-0.39, 0.29) is 0 Å². The fraction of sp³-hybridized carbons (Fsp3) is 0.500. The lowest BCUT2D eigenvalue weighted by Gasteiger charge is -2.23. The lowest BCUT2D eigenvalue weighted by molar-refractivity contribution is 0.158. The highest BCUT2D eigenvalue weighted by Crippen LogP contribution is 2.37. The van der Waals surface area contributed by atoms with E-state index in [1.54, 1.807) is 18.2 Å². The second-order valence-corrected chi connectivity index (χ2v) is 4.68. The first kappa shape index (κ1) is 13.4. The van der Waals surface area contributed by atoms with Crippen molar-refractivity contribution in [2.45, 2.75) is 32.0 Å². The molecule has 16 heavy (non-hydrogen) atoms. The van der Waals surface area contributed by atoms with Gasteiger partial charge in [-0.15, -0.1) is 0 Å². The first-order valence-corrected chi connectivity index (χ1v) is 5.61. The van der Waals surface area contributed by atoms with Crippen LogP contribution in [0.25, 0.3) is 0 Å². The van der Waals surface area contributed by atoms with Gasteiger partial charge in [-0.1, -0.05) is 23.7 Å². The number of hydrogen-bond acceptors (Lipinski definition) is 2. The summed E-state index contributed by atoms with van der Waals surface area (Å²) in [6, 6.07) is 5.01. The number of aliphatic hydroxyl groups is 1. The molecule has 0 fully saturated rings. The fourth-order valence-corrected chi connectivity index (χ4v) is 2.17. The van der Waals surface area contributed by atoms with Gasteiger partial charge in [-0.25, -0.2) is 4.39 Å². The summed E-state index contributed by atoms with van der Waals surface area (Å²) in [5, 5.41) is 10.2. The van der Waals surface area contributed by atoms with Crippen molar-refractivity contribution < 1.29 is 9.50 Å². The highest BCUT2D eigenvalue weighted by molar-refractivity contribution is 6.31. The van der Waals surface area contributed by atoms with Crippen LogP contribution in [-0.4, -0.2) is 11.7 Å². The molecule has 0 radical (unpaired) electrons. The third kappa shape index (κ3) is 2.94. The van der Waals surface area contributed by atoms with Crippen molar-refractivity contribution in [1.82, 2.24) is 0 Å². The van der Waals surface area contributed by atoms with E-state index >= 15 is 0 Å². The Labute approximate surface area is 100 Å². The maximum absolute atomic E-state index is 14.0. The van der Waals surface area contributed by atoms with E-state index in [2.05, 4.69) is 0 Å². The predicted molar refractivity (Wildman–Crippen MR) is 64.2 cm³/mol. The SMILES string of the molecule is CC(C)(F)c1c(Cl)cccc1C(O)CCN. The number of rotatable bonds is 4. The second-order valence-electron chi connectivity index (χ2n) is 4.27. The predicted octanol–water partition coefficient (Wildman–Crippen LogP) is 2.93. The van der Waals surface area contributed by atoms with Crippen LogP contribution in [0.3, 0.4) is 0 Å². The van der Waals surface area contributed by atoms with Gasteiger partial charge in [0.1, 0.15) is 5.67 Å². The minimum absolute atomic E-state index is 0.334. The highest BCUT2D eigenvalue weighted by Gasteiger charge is 2.27. The molecule has 0 aromatic heterocycles. The summed E-state index contributed by atoms with van der Waals surface area (Å²) >= 11 is 5.98. The molecule has 2 nitrogen and oxygen atoms in total. The normalized spacial score (nSPS) is 13.9. The second kappa shape index (κ2) is 5.13. The van der Waals surface area contributed by atoms with Crippen molar-refractivity contribution in [2.75, 3.05) is 6.54 Å². The molecular formula is C12H17ClFNO. The van der Waals surface area contributed by atoms with Gasteiger partial charge in [0.2, 0.25) is 0 Å². The van der Waals surface area contributed by atoms with E-state index < -0.39 is 11.8 Å². The summed E-state index contributed by atoms with van der Waals surface area (Å²) in [5.41, 5.74) is 4.66. The van der Waals surface area contributed by atoms with Gasteiger partial charge in [0.15, 0.2) is 0 Å². The standard InChI is InChI=1S/C12H17ClFNO/c1-12(2,14)11-8(10(16)6-7-15)4-3-5-9(11)13/h3-5,10,16H,6-7,15H2,1-2H3. The third-order valence-electron chi connectivity index (χ3n) is 2.44. The van der Waals surface area contributed by atoms with Gasteiger partial charge in [-0.2, -0.15) is 0 Å². The van der Waals surface area contributed by atoms with Crippen molar-refractivity contribution in [1.29, 1.82) is 0 Å². The number of nitrogens with two attached hydrogens (primary N) is 1. The number of alkyl halides is 1. The van der Waals surface area contributed by atoms with Crippen LogP contribution in [-0.2, 0) is 5.67 Å². The van der Waals surface area contributed by atoms with E-state index in [9.17, 15) is 9.50 Å². The number of benzene rings is 1. The molecule has 0 spiro atoms. The van der Waals surface area contributed by atoms with E-state index in [1.165, 1.54) is 13.8 Å². The molecule has 0 aliphatic rings. The summed E-state index contributed by atoms with van der Waals surface area (Å²) < 4.78 is 14.0. The summed E-state index contributed by atoms with van der Waals surface area (Å²) in [4.78, 5) is 0. The van der Waals surface area contributed by atoms with E-state index in [0.29, 0.717) is 29.1 Å². The molecule has 1 rings (SSSR count). The first-order chi connectivity index (χ1) is 7.38. The van der Waals surface area contributed by atoms with Crippen molar-refractivity contribution in [3.8, 4) is 0 Å². The van der Waals surface area contributed by atoms with Gasteiger partial charge >= 0.3 is 0 Å². The maximum atomic E-state index is 14.0. The number of aliphatic hydroxyl groups excluding tert-OH is 1. The molecular weight excluding hydrogens is 229 g/mol. The molecule has 1 aromatic carbocycles. The summed E-state index contributed by atoms with van der Waals surface area (Å²) in [7, 11) is 0. The summed E-state index contributed by atoms with van der Waals surface area (Å²) in [6.45, 7) is 3.19. The van der Waals surface area contributed by atoms with Gasteiger partial charge in [0, 0.05) is 10.6 Å². The smallest absolute Gasteiger partial charge is 0.132 e. The summed E-state index contributed by atoms with van der Waals surface area (Å²) in [5.74, 6) is 0. The lowest BCUT2D eigenvalue weighted by Crippen LogP contribution is -2.17. The summed E-state index contributed by atoms with van der Waals surface area (Å²) in [6.07, 6.45) is -0.377. The van der Waals surface area contributed by atoms with Gasteiger partial charge in [0.25, 0.3) is 0 Å². The molecule has 1 aromatic rings. The molecule has 0 aliphatic carbocycles. The lowest BCUT2D eigenvalue weighted by atomic mass is 9.91. The van der Waals surface area contributed by atoms with Gasteiger partial charge in [-0.3, -0.25) is 0 Å². The zero-order chi connectivity index (χ0) is 12.3. The van der Waals surface area contributed by atoms with Crippen molar-refractivity contribution in [2.24, 2.45) is 5.73 Å². The van der Waals surface area contributed by atoms with Crippen LogP contribution in [0.15, 0.2) is 18.2 Å². The molecule has 1 unspecified atom stereocenters. The Morgan fingerprint density at radius 2 is 2.12 bits per heavy atom. The molecule has 0 bridgehead atoms. The van der Waals surface area contributed by atoms with Crippen LogP contribution in [0.4, 0.5) is 4.39 Å². The molecule has 3 N–H and O–H groups in total. The minimum Gasteiger partial charge on any atom is -0.388 e. The number of hydrogen-bond donors (Lipinski definition) is 2. The molecule has 0 saturated carbocycles. The monoisotopic (exact) mass is 245 g/mol. The van der Waals surface area contributed by atoms with Crippen LogP contribution in [0.5, 0.6) is 0 Å². The molecule has 0 saturated heterocycles. The quantitative estimate of drug-likeness (QED) is 0.857. The third-order valence-corrected chi connectivity index (χ3v) is 2.75. The zero-order valence-electron chi connectivity index (χ0n) is 9.50. The molecule has 0 aliphatic heterocycles. The zero-order valence-corrected chi connectivity index (χ0v) is 10.3. The van der Waals surface area contributed by atoms with Crippen LogP contribution < -0.4 is 5.73 Å². The molecule has 0 amide bonds. The Hall–Kier alpha value is -0.640. The Morgan fingerprint density at radius 3 is 2.62 bits per heavy atom. The number of halogens is 2. The van der Waals surface area contributed by atoms with Crippen molar-refractivity contribution in [3.63, 3.8) is 0 Å². The Balaban J connectivity index is 3.23. The minimum atomic E-state index is -1.58. The molecule has 1 atom stereocenters. The van der Waals surface area contributed by atoms with Gasteiger partial charge in [-0.05, 0) is 38.4 Å². The first-order valence-electron chi connectivity index (χ1n) is 5.24. The topological polar surface area (TPSA) is 46.2 Å². The van der Waals surface area contributed by atoms with Crippen LogP contribution in [0, 0.1) is 0 Å². The van der Waals surface area contributed by atoms with Crippen LogP contribution >= 0.6 is 11.6 Å². The average Bonchev–Trinajstić information content (AvgIpc) is 2.15. The van der Waals surface area contributed by atoms with Crippen molar-refractivity contribution >= 4 is 11.6 Å². The highest BCUT2D eigenvalue weighted by atomic mass is 35.5. The Morgan fingerprint density at radius 1 is 1.50 bits per heavy atom. The average molecular weight is 246 g/mol. The maximum Gasteiger partial charge on any atom is 0.132 e. The van der Waals surface area contributed by atoms with E-state index in [0.717, 1.165) is 0 Å². The Bertz CT molecular complexity index is 363. The van der Waals surface area contributed by atoms with Gasteiger partial charge in [0.05, 0.1) is 6.10 Å². The largest absolute Gasteiger partial charge is 0.388 e. The Kier molecular flexibility index (Phi) is 4.30. The van der Waals surface area contributed by atoms with E-state index in [1.807, 2.05) is 0 Å². The molecule has 0 heterocycles. The van der Waals surface area contributed by atoms with E-state index in [4.69, 9.17) is 17.3 Å². The molecule has 90 valence electrons.